The number of nitrogens with one attached hydrogen (secondary N) is 1. The maximum atomic E-state index is 13.1. The minimum absolute atomic E-state index is 0.00482. The van der Waals surface area contributed by atoms with Crippen LogP contribution in [0, 0.1) is 0 Å². The van der Waals surface area contributed by atoms with Gasteiger partial charge in [0.1, 0.15) is 5.58 Å². The van der Waals surface area contributed by atoms with Crippen LogP contribution in [-0.2, 0) is 0 Å². The molecule has 0 bridgehead atoms. The van der Waals surface area contributed by atoms with E-state index in [0.717, 1.165) is 5.75 Å². The van der Waals surface area contributed by atoms with E-state index in [-0.39, 0.29) is 27.9 Å². The van der Waals surface area contributed by atoms with Gasteiger partial charge in [-0.15, -0.1) is 0 Å². The molecule has 0 aliphatic carbocycles. The Morgan fingerprint density at radius 2 is 1.84 bits per heavy atom. The van der Waals surface area contributed by atoms with E-state index >= 15 is 0 Å². The molecule has 0 saturated carbocycles. The summed E-state index contributed by atoms with van der Waals surface area (Å²) in [7, 11) is 0. The first-order valence-corrected chi connectivity index (χ1v) is 11.0. The third-order valence-corrected chi connectivity index (χ3v) is 5.63. The third kappa shape index (κ3) is 4.44. The number of thioether (sulfide) groups is 1. The second-order valence-corrected chi connectivity index (χ2v) is 8.45. The number of hydrogen-bond acceptors (Lipinski definition) is 6. The zero-order valence-electron chi connectivity index (χ0n) is 16.2. The van der Waals surface area contributed by atoms with Gasteiger partial charge in [-0.1, -0.05) is 54.0 Å². The van der Waals surface area contributed by atoms with Crippen molar-refractivity contribution in [2.45, 2.75) is 12.1 Å². The molecule has 31 heavy (non-hydrogen) atoms. The minimum Gasteiger partial charge on any atom is -0.450 e. The standard InChI is InChI=1S/C22H15Cl2N3O3S/c1-2-31-22-25-11-15(24)18(27-22)21(29)26-17-14-5-3-4-6-16(14)30-20(17)19(28)12-7-9-13(23)10-8-12/h3-11H,2H2,1H3,(H,26,29). The highest BCUT2D eigenvalue weighted by atomic mass is 35.5. The number of hydrogen-bond donors (Lipinski definition) is 1. The lowest BCUT2D eigenvalue weighted by molar-refractivity contribution is 0.101. The molecular weight excluding hydrogens is 457 g/mol. The van der Waals surface area contributed by atoms with E-state index in [0.29, 0.717) is 26.7 Å². The fraction of sp³-hybridized carbons (Fsp3) is 0.0909. The number of anilines is 1. The Morgan fingerprint density at radius 1 is 1.10 bits per heavy atom. The van der Waals surface area contributed by atoms with Crippen molar-refractivity contribution in [2.24, 2.45) is 0 Å². The van der Waals surface area contributed by atoms with E-state index in [1.807, 2.05) is 6.92 Å². The lowest BCUT2D eigenvalue weighted by Crippen LogP contribution is -2.17. The molecule has 6 nitrogen and oxygen atoms in total. The van der Waals surface area contributed by atoms with Gasteiger partial charge >= 0.3 is 0 Å². The molecule has 0 aliphatic rings. The highest BCUT2D eigenvalue weighted by molar-refractivity contribution is 7.99. The molecule has 0 saturated heterocycles. The molecule has 2 heterocycles. The molecule has 0 spiro atoms. The number of aromatic nitrogens is 2. The van der Waals surface area contributed by atoms with Crippen LogP contribution >= 0.6 is 35.0 Å². The van der Waals surface area contributed by atoms with Crippen LogP contribution in [-0.4, -0.2) is 27.4 Å². The largest absolute Gasteiger partial charge is 0.450 e. The van der Waals surface area contributed by atoms with Crippen LogP contribution < -0.4 is 5.32 Å². The van der Waals surface area contributed by atoms with Crippen LogP contribution in [0.25, 0.3) is 11.0 Å². The number of amides is 1. The molecule has 4 aromatic rings. The van der Waals surface area contributed by atoms with Crippen molar-refractivity contribution < 1.29 is 14.0 Å². The SMILES string of the molecule is CCSc1ncc(Cl)c(C(=O)Nc2c(C(=O)c3ccc(Cl)cc3)oc3ccccc23)n1. The molecule has 0 unspecified atom stereocenters. The number of carbonyl (C=O) groups excluding carboxylic acids is 2. The maximum absolute atomic E-state index is 13.1. The van der Waals surface area contributed by atoms with Crippen LogP contribution in [0.3, 0.4) is 0 Å². The van der Waals surface area contributed by atoms with Crippen LogP contribution in [0.5, 0.6) is 0 Å². The van der Waals surface area contributed by atoms with Gasteiger partial charge in [0.25, 0.3) is 5.91 Å². The number of benzene rings is 2. The van der Waals surface area contributed by atoms with Gasteiger partial charge in [-0.05, 0) is 42.2 Å². The van der Waals surface area contributed by atoms with Gasteiger partial charge < -0.3 is 9.73 Å². The number of halogens is 2. The number of ketones is 1. The third-order valence-electron chi connectivity index (χ3n) is 4.36. The van der Waals surface area contributed by atoms with E-state index in [4.69, 9.17) is 27.6 Å². The van der Waals surface area contributed by atoms with E-state index in [1.54, 1.807) is 48.5 Å². The van der Waals surface area contributed by atoms with E-state index in [9.17, 15) is 9.59 Å². The van der Waals surface area contributed by atoms with Crippen LogP contribution in [0.15, 0.2) is 64.3 Å². The van der Waals surface area contributed by atoms with Gasteiger partial charge in [0.2, 0.25) is 5.78 Å². The van der Waals surface area contributed by atoms with Gasteiger partial charge in [-0.3, -0.25) is 9.59 Å². The summed E-state index contributed by atoms with van der Waals surface area (Å²) < 4.78 is 5.81. The summed E-state index contributed by atoms with van der Waals surface area (Å²) in [5, 5.41) is 4.40. The first kappa shape index (κ1) is 21.4. The van der Waals surface area contributed by atoms with Crippen LogP contribution in [0.2, 0.25) is 10.0 Å². The predicted octanol–water partition coefficient (Wildman–Crippen LogP) is 6.12. The average molecular weight is 472 g/mol. The Hall–Kier alpha value is -2.87. The van der Waals surface area contributed by atoms with E-state index in [2.05, 4.69) is 15.3 Å². The molecule has 0 atom stereocenters. The maximum Gasteiger partial charge on any atom is 0.276 e. The number of nitrogens with zero attached hydrogens (tertiary/aromatic N) is 2. The Balaban J connectivity index is 1.76. The number of rotatable bonds is 6. The van der Waals surface area contributed by atoms with Gasteiger partial charge in [0, 0.05) is 16.0 Å². The number of furan rings is 1. The summed E-state index contributed by atoms with van der Waals surface area (Å²) in [5.74, 6) is -0.208. The lowest BCUT2D eigenvalue weighted by Gasteiger charge is -2.08. The van der Waals surface area contributed by atoms with E-state index in [1.165, 1.54) is 18.0 Å². The number of para-hydroxylation sites is 1. The van der Waals surface area contributed by atoms with Crippen molar-refractivity contribution >= 4 is 63.3 Å². The summed E-state index contributed by atoms with van der Waals surface area (Å²) in [6.45, 7) is 1.95. The van der Waals surface area contributed by atoms with Crippen molar-refractivity contribution in [2.75, 3.05) is 11.1 Å². The Labute approximate surface area is 192 Å². The molecule has 2 aromatic heterocycles. The number of fused-ring (bicyclic) bond motifs is 1. The fourth-order valence-corrected chi connectivity index (χ4v) is 3.79. The lowest BCUT2D eigenvalue weighted by atomic mass is 10.1. The average Bonchev–Trinajstić information content (AvgIpc) is 3.13. The number of carbonyl (C=O) groups is 2. The van der Waals surface area contributed by atoms with Gasteiger partial charge in [-0.2, -0.15) is 0 Å². The van der Waals surface area contributed by atoms with Gasteiger partial charge in [0.05, 0.1) is 16.9 Å². The van der Waals surface area contributed by atoms with Crippen molar-refractivity contribution in [3.8, 4) is 0 Å². The van der Waals surface area contributed by atoms with Crippen molar-refractivity contribution in [3.05, 3.63) is 81.8 Å². The first-order valence-electron chi connectivity index (χ1n) is 9.26. The molecule has 156 valence electrons. The Kier molecular flexibility index (Phi) is 6.27. The monoisotopic (exact) mass is 471 g/mol. The summed E-state index contributed by atoms with van der Waals surface area (Å²) in [6, 6.07) is 13.5. The second-order valence-electron chi connectivity index (χ2n) is 6.37. The second kappa shape index (κ2) is 9.09. The van der Waals surface area contributed by atoms with E-state index < -0.39 is 5.91 Å². The molecule has 9 heteroatoms. The fourth-order valence-electron chi connectivity index (χ4n) is 2.94. The molecule has 2 aromatic carbocycles. The predicted molar refractivity (Wildman–Crippen MR) is 122 cm³/mol. The minimum atomic E-state index is -0.568. The zero-order valence-corrected chi connectivity index (χ0v) is 18.5. The molecule has 1 amide bonds. The quantitative estimate of drug-likeness (QED) is 0.207. The van der Waals surface area contributed by atoms with Gasteiger partial charge in [0.15, 0.2) is 16.6 Å². The van der Waals surface area contributed by atoms with Crippen LogP contribution in [0.1, 0.15) is 33.5 Å². The topological polar surface area (TPSA) is 85.1 Å². The molecule has 0 fully saturated rings. The summed E-state index contributed by atoms with van der Waals surface area (Å²) in [6.07, 6.45) is 1.38. The normalized spacial score (nSPS) is 10.9. The highest BCUT2D eigenvalue weighted by Gasteiger charge is 2.25. The van der Waals surface area contributed by atoms with Crippen molar-refractivity contribution in [1.82, 2.24) is 9.97 Å². The van der Waals surface area contributed by atoms with Crippen LogP contribution in [0.4, 0.5) is 5.69 Å². The van der Waals surface area contributed by atoms with Crippen molar-refractivity contribution in [3.63, 3.8) is 0 Å². The Bertz CT molecular complexity index is 1290. The molecule has 0 aliphatic heterocycles. The molecule has 4 rings (SSSR count). The summed E-state index contributed by atoms with van der Waals surface area (Å²) >= 11 is 13.5. The smallest absolute Gasteiger partial charge is 0.276 e. The molecule has 1 N–H and O–H groups in total. The highest BCUT2D eigenvalue weighted by Crippen LogP contribution is 2.33. The van der Waals surface area contributed by atoms with Gasteiger partial charge in [-0.25, -0.2) is 9.97 Å². The molecular formula is C22H15Cl2N3O3S. The van der Waals surface area contributed by atoms with Crippen molar-refractivity contribution in [1.29, 1.82) is 0 Å². The molecule has 0 radical (unpaired) electrons. The zero-order chi connectivity index (χ0) is 22.0. The Morgan fingerprint density at radius 3 is 2.58 bits per heavy atom. The first-order chi connectivity index (χ1) is 15.0. The summed E-state index contributed by atoms with van der Waals surface area (Å²) in [4.78, 5) is 34.5. The summed E-state index contributed by atoms with van der Waals surface area (Å²) in [5.41, 5.74) is 1.11.